The Balaban J connectivity index is 1.90. The largest absolute Gasteiger partial charge is 0.270 e. The van der Waals surface area contributed by atoms with Gasteiger partial charge in [0.15, 0.2) is 0 Å². The molecule has 0 unspecified atom stereocenters. The fourth-order valence-electron chi connectivity index (χ4n) is 1.86. The van der Waals surface area contributed by atoms with Crippen molar-refractivity contribution in [2.24, 2.45) is 0 Å². The van der Waals surface area contributed by atoms with Crippen molar-refractivity contribution in [2.75, 3.05) is 0 Å². The molecule has 3 aromatic rings. The first kappa shape index (κ1) is 13.4. The van der Waals surface area contributed by atoms with Crippen LogP contribution in [-0.4, -0.2) is 9.91 Å². The summed E-state index contributed by atoms with van der Waals surface area (Å²) in [5.41, 5.74) is 1.64. The fourth-order valence-corrected chi connectivity index (χ4v) is 2.76. The molecule has 21 heavy (non-hydrogen) atoms. The molecular weight excluding hydrogens is 291 g/mol. The van der Waals surface area contributed by atoms with Crippen molar-refractivity contribution in [3.63, 3.8) is 0 Å². The number of nitro benzene ring substituents is 1. The number of hydrogen-bond acceptors (Lipinski definition) is 4. The second-order valence-electron chi connectivity index (χ2n) is 4.35. The molecule has 104 valence electrons. The van der Waals surface area contributed by atoms with Gasteiger partial charge in [0, 0.05) is 12.1 Å². The van der Waals surface area contributed by atoms with Crippen molar-refractivity contribution >= 4 is 39.4 Å². The lowest BCUT2D eigenvalue weighted by atomic mass is 10.2. The van der Waals surface area contributed by atoms with Gasteiger partial charge in [-0.3, -0.25) is 10.1 Å². The molecule has 0 amide bonds. The summed E-state index contributed by atoms with van der Waals surface area (Å²) in [6, 6.07) is 10.7. The van der Waals surface area contributed by atoms with Crippen molar-refractivity contribution in [3.05, 3.63) is 69.0 Å². The Hall–Kier alpha value is -2.60. The summed E-state index contributed by atoms with van der Waals surface area (Å²) in [6.07, 6.45) is 3.63. The predicted molar refractivity (Wildman–Crippen MR) is 81.6 cm³/mol. The third-order valence-corrected chi connectivity index (χ3v) is 3.87. The van der Waals surface area contributed by atoms with Crippen LogP contribution in [0.25, 0.3) is 22.4 Å². The lowest BCUT2D eigenvalue weighted by Crippen LogP contribution is -1.85. The van der Waals surface area contributed by atoms with E-state index in [0.29, 0.717) is 0 Å². The minimum absolute atomic E-state index is 0.0558. The number of nitrogens with zero attached hydrogens (tertiary/aromatic N) is 2. The molecule has 0 bridgehead atoms. The molecule has 0 N–H and O–H groups in total. The van der Waals surface area contributed by atoms with Crippen LogP contribution in [-0.2, 0) is 0 Å². The maximum absolute atomic E-state index is 12.8. The van der Waals surface area contributed by atoms with Gasteiger partial charge in [-0.2, -0.15) is 0 Å². The van der Waals surface area contributed by atoms with Crippen LogP contribution in [0, 0.1) is 15.9 Å². The summed E-state index contributed by atoms with van der Waals surface area (Å²) in [4.78, 5) is 14.7. The van der Waals surface area contributed by atoms with Crippen molar-refractivity contribution in [3.8, 4) is 0 Å². The SMILES string of the molecule is O=[N+]([O-])c1ccc2nc(/C=C/c3ccc(F)cc3)sc2c1. The summed E-state index contributed by atoms with van der Waals surface area (Å²) in [5.74, 6) is -0.278. The zero-order chi connectivity index (χ0) is 14.8. The molecule has 0 atom stereocenters. The molecular formula is C15H9FN2O2S. The average Bonchev–Trinajstić information content (AvgIpc) is 2.88. The molecule has 0 radical (unpaired) electrons. The molecule has 1 heterocycles. The van der Waals surface area contributed by atoms with Crippen molar-refractivity contribution in [1.29, 1.82) is 0 Å². The highest BCUT2D eigenvalue weighted by atomic mass is 32.1. The number of aromatic nitrogens is 1. The number of halogens is 1. The van der Waals surface area contributed by atoms with Crippen LogP contribution in [0.1, 0.15) is 10.6 Å². The van der Waals surface area contributed by atoms with E-state index >= 15 is 0 Å². The molecule has 4 nitrogen and oxygen atoms in total. The second kappa shape index (κ2) is 5.41. The number of non-ortho nitro benzene ring substituents is 1. The van der Waals surface area contributed by atoms with E-state index in [4.69, 9.17) is 0 Å². The van der Waals surface area contributed by atoms with Crippen LogP contribution < -0.4 is 0 Å². The zero-order valence-electron chi connectivity index (χ0n) is 10.7. The molecule has 0 aliphatic rings. The first-order valence-corrected chi connectivity index (χ1v) is 6.92. The van der Waals surface area contributed by atoms with Gasteiger partial charge >= 0.3 is 0 Å². The minimum atomic E-state index is -0.423. The highest BCUT2D eigenvalue weighted by molar-refractivity contribution is 7.19. The van der Waals surface area contributed by atoms with Crippen LogP contribution in [0.5, 0.6) is 0 Å². The van der Waals surface area contributed by atoms with Gasteiger partial charge in [0.2, 0.25) is 0 Å². The minimum Gasteiger partial charge on any atom is -0.258 e. The molecule has 0 aliphatic heterocycles. The molecule has 6 heteroatoms. The normalized spacial score (nSPS) is 11.3. The Labute approximate surface area is 123 Å². The van der Waals surface area contributed by atoms with E-state index < -0.39 is 4.92 Å². The van der Waals surface area contributed by atoms with Crippen LogP contribution in [0.2, 0.25) is 0 Å². The van der Waals surface area contributed by atoms with Crippen LogP contribution >= 0.6 is 11.3 Å². The third-order valence-electron chi connectivity index (χ3n) is 2.89. The molecule has 0 saturated heterocycles. The Morgan fingerprint density at radius 1 is 1.14 bits per heavy atom. The van der Waals surface area contributed by atoms with E-state index in [1.165, 1.54) is 35.6 Å². The summed E-state index contributed by atoms with van der Waals surface area (Å²) in [6.45, 7) is 0. The van der Waals surface area contributed by atoms with Crippen molar-refractivity contribution in [1.82, 2.24) is 4.98 Å². The van der Waals surface area contributed by atoms with Gasteiger partial charge in [-0.25, -0.2) is 9.37 Å². The second-order valence-corrected chi connectivity index (χ2v) is 5.41. The van der Waals surface area contributed by atoms with E-state index in [1.807, 2.05) is 12.2 Å². The van der Waals surface area contributed by atoms with E-state index in [0.717, 1.165) is 20.8 Å². The summed E-state index contributed by atoms with van der Waals surface area (Å²) < 4.78 is 13.6. The van der Waals surface area contributed by atoms with Gasteiger partial charge in [-0.05, 0) is 29.8 Å². The molecule has 0 spiro atoms. The number of rotatable bonds is 3. The van der Waals surface area contributed by atoms with Crippen molar-refractivity contribution < 1.29 is 9.31 Å². The van der Waals surface area contributed by atoms with Gasteiger partial charge in [-0.1, -0.05) is 18.2 Å². The average molecular weight is 300 g/mol. The Morgan fingerprint density at radius 3 is 2.62 bits per heavy atom. The van der Waals surface area contributed by atoms with E-state index in [1.54, 1.807) is 18.2 Å². The number of nitro groups is 1. The van der Waals surface area contributed by atoms with Crippen LogP contribution in [0.3, 0.4) is 0 Å². The Morgan fingerprint density at radius 2 is 1.90 bits per heavy atom. The quantitative estimate of drug-likeness (QED) is 0.528. The fraction of sp³-hybridized carbons (Fsp3) is 0. The van der Waals surface area contributed by atoms with Gasteiger partial charge < -0.3 is 0 Å². The zero-order valence-corrected chi connectivity index (χ0v) is 11.5. The van der Waals surface area contributed by atoms with Gasteiger partial charge in [-0.15, -0.1) is 11.3 Å². The molecule has 0 saturated carbocycles. The van der Waals surface area contributed by atoms with E-state index in [9.17, 15) is 14.5 Å². The molecule has 1 aromatic heterocycles. The van der Waals surface area contributed by atoms with E-state index in [-0.39, 0.29) is 11.5 Å². The highest BCUT2D eigenvalue weighted by Gasteiger charge is 2.09. The van der Waals surface area contributed by atoms with E-state index in [2.05, 4.69) is 4.98 Å². The molecule has 2 aromatic carbocycles. The first-order chi connectivity index (χ1) is 10.1. The van der Waals surface area contributed by atoms with Crippen LogP contribution in [0.15, 0.2) is 42.5 Å². The number of fused-ring (bicyclic) bond motifs is 1. The van der Waals surface area contributed by atoms with Crippen LogP contribution in [0.4, 0.5) is 10.1 Å². The van der Waals surface area contributed by atoms with Gasteiger partial charge in [0.05, 0.1) is 15.1 Å². The summed E-state index contributed by atoms with van der Waals surface area (Å²) >= 11 is 1.37. The lowest BCUT2D eigenvalue weighted by molar-refractivity contribution is -0.384. The highest BCUT2D eigenvalue weighted by Crippen LogP contribution is 2.27. The lowest BCUT2D eigenvalue weighted by Gasteiger charge is -1.91. The van der Waals surface area contributed by atoms with Gasteiger partial charge in [0.1, 0.15) is 10.8 Å². The number of hydrogen-bond donors (Lipinski definition) is 0. The molecule has 0 fully saturated rings. The maximum atomic E-state index is 12.8. The predicted octanol–water partition coefficient (Wildman–Crippen LogP) is 4.51. The standard InChI is InChI=1S/C15H9FN2O2S/c16-11-4-1-10(2-5-11)3-8-15-17-13-7-6-12(18(19)20)9-14(13)21-15/h1-9H/b8-3+. The van der Waals surface area contributed by atoms with Gasteiger partial charge in [0.25, 0.3) is 5.69 Å². The first-order valence-electron chi connectivity index (χ1n) is 6.10. The molecule has 3 rings (SSSR count). The van der Waals surface area contributed by atoms with Crippen molar-refractivity contribution in [2.45, 2.75) is 0 Å². The topological polar surface area (TPSA) is 56.0 Å². The number of thiazole rings is 1. The summed E-state index contributed by atoms with van der Waals surface area (Å²) in [7, 11) is 0. The maximum Gasteiger partial charge on any atom is 0.270 e. The Kier molecular flexibility index (Phi) is 3.45. The monoisotopic (exact) mass is 300 g/mol. The molecule has 0 aliphatic carbocycles. The summed E-state index contributed by atoms with van der Waals surface area (Å²) in [5, 5.41) is 11.5. The smallest absolute Gasteiger partial charge is 0.258 e. The Bertz CT molecular complexity index is 841. The number of benzene rings is 2. The third kappa shape index (κ3) is 2.95.